The molecule has 2 rings (SSSR count). The lowest BCUT2D eigenvalue weighted by Crippen LogP contribution is -2.17. The molecule has 1 heterocycles. The number of aromatic carboxylic acids is 1. The SMILES string of the molecule is Cc1cc(C(=O)O)nc(NCCC2CCCC(C)C2)n1. The van der Waals surface area contributed by atoms with Crippen LogP contribution in [0.15, 0.2) is 6.07 Å². The van der Waals surface area contributed by atoms with Crippen LogP contribution in [0.25, 0.3) is 0 Å². The third-order valence-electron chi connectivity index (χ3n) is 3.95. The molecule has 110 valence electrons. The number of aryl methyl sites for hydroxylation is 1. The summed E-state index contributed by atoms with van der Waals surface area (Å²) in [5.41, 5.74) is 0.720. The van der Waals surface area contributed by atoms with Gasteiger partial charge in [0.1, 0.15) is 0 Å². The van der Waals surface area contributed by atoms with Crippen molar-refractivity contribution in [3.05, 3.63) is 17.5 Å². The van der Waals surface area contributed by atoms with Gasteiger partial charge in [0.25, 0.3) is 0 Å². The lowest BCUT2D eigenvalue weighted by atomic mass is 9.81. The molecule has 0 saturated heterocycles. The fraction of sp³-hybridized carbons (Fsp3) is 0.667. The number of nitrogens with zero attached hydrogens (tertiary/aromatic N) is 2. The summed E-state index contributed by atoms with van der Waals surface area (Å²) in [6, 6.07) is 1.48. The second-order valence-corrected chi connectivity index (χ2v) is 5.88. The number of nitrogens with one attached hydrogen (secondary N) is 1. The fourth-order valence-corrected chi connectivity index (χ4v) is 2.97. The van der Waals surface area contributed by atoms with E-state index in [0.29, 0.717) is 11.6 Å². The second kappa shape index (κ2) is 6.68. The van der Waals surface area contributed by atoms with Crippen LogP contribution >= 0.6 is 0 Å². The molecule has 1 fully saturated rings. The summed E-state index contributed by atoms with van der Waals surface area (Å²) < 4.78 is 0. The number of carboxylic acid groups (broad SMARTS) is 1. The zero-order valence-electron chi connectivity index (χ0n) is 12.2. The number of hydrogen-bond acceptors (Lipinski definition) is 4. The molecule has 1 aromatic rings. The van der Waals surface area contributed by atoms with E-state index in [2.05, 4.69) is 22.2 Å². The molecule has 0 amide bonds. The largest absolute Gasteiger partial charge is 0.477 e. The van der Waals surface area contributed by atoms with Gasteiger partial charge < -0.3 is 10.4 Å². The lowest BCUT2D eigenvalue weighted by molar-refractivity contribution is 0.0690. The van der Waals surface area contributed by atoms with Gasteiger partial charge in [0.2, 0.25) is 5.95 Å². The van der Waals surface area contributed by atoms with Gasteiger partial charge in [-0.05, 0) is 37.7 Å². The lowest BCUT2D eigenvalue weighted by Gasteiger charge is -2.26. The van der Waals surface area contributed by atoms with E-state index in [4.69, 9.17) is 5.11 Å². The maximum Gasteiger partial charge on any atom is 0.354 e. The van der Waals surface area contributed by atoms with Crippen molar-refractivity contribution >= 4 is 11.9 Å². The molecule has 1 aliphatic carbocycles. The Kier molecular flexibility index (Phi) is 4.93. The van der Waals surface area contributed by atoms with E-state index in [9.17, 15) is 4.79 Å². The standard InChI is InChI=1S/C15H23N3O2/c1-10-4-3-5-12(8-10)6-7-16-15-17-11(2)9-13(18-15)14(19)20/h9-10,12H,3-8H2,1-2H3,(H,19,20)(H,16,17,18). The summed E-state index contributed by atoms with van der Waals surface area (Å²) in [6.45, 7) is 4.91. The Hall–Kier alpha value is -1.65. The van der Waals surface area contributed by atoms with Crippen LogP contribution in [-0.2, 0) is 0 Å². The quantitative estimate of drug-likeness (QED) is 0.865. The van der Waals surface area contributed by atoms with Crippen molar-refractivity contribution in [1.29, 1.82) is 0 Å². The first-order chi connectivity index (χ1) is 9.54. The molecule has 0 radical (unpaired) electrons. The van der Waals surface area contributed by atoms with Gasteiger partial charge in [-0.2, -0.15) is 0 Å². The molecular weight excluding hydrogens is 254 g/mol. The number of anilines is 1. The fourth-order valence-electron chi connectivity index (χ4n) is 2.97. The van der Waals surface area contributed by atoms with E-state index in [-0.39, 0.29) is 5.69 Å². The van der Waals surface area contributed by atoms with E-state index in [1.54, 1.807) is 6.92 Å². The van der Waals surface area contributed by atoms with Gasteiger partial charge in [-0.15, -0.1) is 0 Å². The number of aromatic nitrogens is 2. The van der Waals surface area contributed by atoms with E-state index < -0.39 is 5.97 Å². The zero-order chi connectivity index (χ0) is 14.5. The highest BCUT2D eigenvalue weighted by Gasteiger charge is 2.18. The van der Waals surface area contributed by atoms with Crippen LogP contribution in [0.1, 0.15) is 55.2 Å². The topological polar surface area (TPSA) is 75.1 Å². The first-order valence-corrected chi connectivity index (χ1v) is 7.37. The van der Waals surface area contributed by atoms with Crippen molar-refractivity contribution in [3.8, 4) is 0 Å². The normalized spacial score (nSPS) is 22.5. The zero-order valence-corrected chi connectivity index (χ0v) is 12.2. The Morgan fingerprint density at radius 1 is 1.45 bits per heavy atom. The third-order valence-corrected chi connectivity index (χ3v) is 3.95. The van der Waals surface area contributed by atoms with Gasteiger partial charge in [0.15, 0.2) is 5.69 Å². The molecule has 0 spiro atoms. The molecule has 2 N–H and O–H groups in total. The minimum Gasteiger partial charge on any atom is -0.477 e. The predicted molar refractivity (Wildman–Crippen MR) is 78.0 cm³/mol. The molecule has 0 aliphatic heterocycles. The Labute approximate surface area is 119 Å². The highest BCUT2D eigenvalue weighted by Crippen LogP contribution is 2.30. The van der Waals surface area contributed by atoms with Crippen LogP contribution in [0, 0.1) is 18.8 Å². The van der Waals surface area contributed by atoms with Gasteiger partial charge in [0, 0.05) is 12.2 Å². The summed E-state index contributed by atoms with van der Waals surface area (Å²) in [5.74, 6) is 1.02. The number of rotatable bonds is 5. The number of hydrogen-bond donors (Lipinski definition) is 2. The minimum atomic E-state index is -1.01. The summed E-state index contributed by atoms with van der Waals surface area (Å²) >= 11 is 0. The Morgan fingerprint density at radius 2 is 2.25 bits per heavy atom. The Morgan fingerprint density at radius 3 is 2.95 bits per heavy atom. The summed E-state index contributed by atoms with van der Waals surface area (Å²) in [4.78, 5) is 19.2. The van der Waals surface area contributed by atoms with Crippen LogP contribution in [0.4, 0.5) is 5.95 Å². The van der Waals surface area contributed by atoms with Crippen molar-refractivity contribution in [2.45, 2.75) is 46.0 Å². The molecule has 1 aromatic heterocycles. The van der Waals surface area contributed by atoms with Gasteiger partial charge in [-0.3, -0.25) is 0 Å². The highest BCUT2D eigenvalue weighted by atomic mass is 16.4. The summed E-state index contributed by atoms with van der Waals surface area (Å²) in [6.07, 6.45) is 6.39. The van der Waals surface area contributed by atoms with Crippen LogP contribution in [0.5, 0.6) is 0 Å². The van der Waals surface area contributed by atoms with Crippen molar-refractivity contribution in [2.75, 3.05) is 11.9 Å². The summed E-state index contributed by atoms with van der Waals surface area (Å²) in [7, 11) is 0. The van der Waals surface area contributed by atoms with Crippen molar-refractivity contribution in [1.82, 2.24) is 9.97 Å². The molecule has 2 unspecified atom stereocenters. The maximum absolute atomic E-state index is 10.9. The molecule has 5 heteroatoms. The van der Waals surface area contributed by atoms with Gasteiger partial charge in [-0.1, -0.05) is 26.2 Å². The summed E-state index contributed by atoms with van der Waals surface area (Å²) in [5, 5.41) is 12.1. The molecule has 5 nitrogen and oxygen atoms in total. The van der Waals surface area contributed by atoms with E-state index in [1.807, 2.05) is 0 Å². The molecule has 1 saturated carbocycles. The van der Waals surface area contributed by atoms with Crippen LogP contribution < -0.4 is 5.32 Å². The van der Waals surface area contributed by atoms with E-state index in [1.165, 1.54) is 31.7 Å². The predicted octanol–water partition coefficient (Wildman–Crippen LogP) is 3.11. The van der Waals surface area contributed by atoms with E-state index in [0.717, 1.165) is 24.8 Å². The molecule has 0 bridgehead atoms. The molecule has 0 aromatic carbocycles. The average Bonchev–Trinajstić information content (AvgIpc) is 2.38. The van der Waals surface area contributed by atoms with Crippen molar-refractivity contribution < 1.29 is 9.90 Å². The van der Waals surface area contributed by atoms with Gasteiger partial charge in [0.05, 0.1) is 0 Å². The Balaban J connectivity index is 1.86. The smallest absolute Gasteiger partial charge is 0.354 e. The van der Waals surface area contributed by atoms with Crippen LogP contribution in [0.3, 0.4) is 0 Å². The molecule has 1 aliphatic rings. The van der Waals surface area contributed by atoms with Crippen LogP contribution in [0.2, 0.25) is 0 Å². The van der Waals surface area contributed by atoms with Gasteiger partial charge in [-0.25, -0.2) is 14.8 Å². The Bertz CT molecular complexity index is 476. The van der Waals surface area contributed by atoms with Crippen molar-refractivity contribution in [3.63, 3.8) is 0 Å². The number of carbonyl (C=O) groups is 1. The minimum absolute atomic E-state index is 0.0475. The monoisotopic (exact) mass is 277 g/mol. The first kappa shape index (κ1) is 14.8. The molecular formula is C15H23N3O2. The number of carboxylic acids is 1. The average molecular weight is 277 g/mol. The maximum atomic E-state index is 10.9. The molecule has 2 atom stereocenters. The second-order valence-electron chi connectivity index (χ2n) is 5.88. The van der Waals surface area contributed by atoms with Gasteiger partial charge >= 0.3 is 5.97 Å². The van der Waals surface area contributed by atoms with Crippen molar-refractivity contribution in [2.24, 2.45) is 11.8 Å². The highest BCUT2D eigenvalue weighted by molar-refractivity contribution is 5.85. The third kappa shape index (κ3) is 4.18. The van der Waals surface area contributed by atoms with E-state index >= 15 is 0 Å². The van der Waals surface area contributed by atoms with Crippen LogP contribution in [-0.4, -0.2) is 27.6 Å². The molecule has 20 heavy (non-hydrogen) atoms. The first-order valence-electron chi connectivity index (χ1n) is 7.37.